The van der Waals surface area contributed by atoms with Gasteiger partial charge in [0, 0.05) is 13.7 Å². The molecule has 2 rings (SSSR count). The number of nitrogens with one attached hydrogen (secondary N) is 1. The van der Waals surface area contributed by atoms with Crippen LogP contribution in [0.4, 0.5) is 0 Å². The van der Waals surface area contributed by atoms with Gasteiger partial charge in [-0.1, -0.05) is 43.5 Å². The van der Waals surface area contributed by atoms with Gasteiger partial charge in [0.25, 0.3) is 0 Å². The first-order chi connectivity index (χ1) is 9.65. The summed E-state index contributed by atoms with van der Waals surface area (Å²) in [6, 6.07) is 7.98. The minimum Gasteiger partial charge on any atom is -0.380 e. The molecule has 0 bridgehead atoms. The van der Waals surface area contributed by atoms with Crippen LogP contribution in [0, 0.1) is 0 Å². The van der Waals surface area contributed by atoms with Gasteiger partial charge in [0.15, 0.2) is 0 Å². The molecule has 1 aromatic carbocycles. The van der Waals surface area contributed by atoms with Gasteiger partial charge < -0.3 is 15.8 Å². The van der Waals surface area contributed by atoms with Crippen molar-refractivity contribution in [1.82, 2.24) is 5.32 Å². The second-order valence-corrected chi connectivity index (χ2v) is 5.60. The Morgan fingerprint density at radius 2 is 1.86 bits per heavy atom. The summed E-state index contributed by atoms with van der Waals surface area (Å²) in [6.45, 7) is 1.07. The van der Waals surface area contributed by atoms with Crippen LogP contribution in [0.1, 0.15) is 43.2 Å². The van der Waals surface area contributed by atoms with Crippen LogP contribution in [0.25, 0.3) is 0 Å². The molecule has 0 spiro atoms. The van der Waals surface area contributed by atoms with Gasteiger partial charge in [0.2, 0.25) is 5.91 Å². The summed E-state index contributed by atoms with van der Waals surface area (Å²) in [7, 11) is 1.67. The molecule has 0 saturated heterocycles. The smallest absolute Gasteiger partial charge is 0.240 e. The Balaban J connectivity index is 0.00000220. The third-order valence-electron chi connectivity index (χ3n) is 4.06. The number of halogens is 1. The molecule has 1 aliphatic rings. The number of benzene rings is 1. The van der Waals surface area contributed by atoms with Gasteiger partial charge in [-0.25, -0.2) is 0 Å². The first-order valence-electron chi connectivity index (χ1n) is 7.28. The van der Waals surface area contributed by atoms with Crippen LogP contribution in [0.15, 0.2) is 24.3 Å². The molecule has 1 aromatic rings. The molecular weight excluding hydrogens is 288 g/mol. The van der Waals surface area contributed by atoms with Gasteiger partial charge in [-0.05, 0) is 24.0 Å². The first kappa shape index (κ1) is 18.0. The van der Waals surface area contributed by atoms with E-state index in [1.165, 1.54) is 6.42 Å². The van der Waals surface area contributed by atoms with Crippen LogP contribution in [-0.4, -0.2) is 18.6 Å². The average Bonchev–Trinajstić information content (AvgIpc) is 2.47. The van der Waals surface area contributed by atoms with Gasteiger partial charge in [-0.15, -0.1) is 12.4 Å². The molecule has 0 heterocycles. The SMILES string of the molecule is COCc1ccccc1CNC(=O)C1(N)CCCCC1.Cl. The first-order valence-corrected chi connectivity index (χ1v) is 7.28. The molecular formula is C16H25ClN2O2. The lowest BCUT2D eigenvalue weighted by molar-refractivity contribution is -0.127. The highest BCUT2D eigenvalue weighted by Gasteiger charge is 2.34. The van der Waals surface area contributed by atoms with Gasteiger partial charge in [-0.3, -0.25) is 4.79 Å². The van der Waals surface area contributed by atoms with Crippen molar-refractivity contribution in [2.45, 2.75) is 50.8 Å². The summed E-state index contributed by atoms with van der Waals surface area (Å²) >= 11 is 0. The second kappa shape index (κ2) is 8.37. The maximum absolute atomic E-state index is 12.3. The van der Waals surface area contributed by atoms with E-state index in [2.05, 4.69) is 5.32 Å². The van der Waals surface area contributed by atoms with E-state index in [-0.39, 0.29) is 18.3 Å². The van der Waals surface area contributed by atoms with E-state index in [9.17, 15) is 4.79 Å². The molecule has 0 atom stereocenters. The van der Waals surface area contributed by atoms with E-state index < -0.39 is 5.54 Å². The number of methoxy groups -OCH3 is 1. The lowest BCUT2D eigenvalue weighted by Gasteiger charge is -2.31. The van der Waals surface area contributed by atoms with Crippen LogP contribution in [0.5, 0.6) is 0 Å². The summed E-state index contributed by atoms with van der Waals surface area (Å²) < 4.78 is 5.17. The molecule has 0 aromatic heterocycles. The van der Waals surface area contributed by atoms with Crippen molar-refractivity contribution in [1.29, 1.82) is 0 Å². The normalized spacial score (nSPS) is 16.9. The molecule has 1 amide bonds. The maximum Gasteiger partial charge on any atom is 0.240 e. The van der Waals surface area contributed by atoms with E-state index in [1.807, 2.05) is 24.3 Å². The van der Waals surface area contributed by atoms with Crippen LogP contribution >= 0.6 is 12.4 Å². The molecule has 3 N–H and O–H groups in total. The lowest BCUT2D eigenvalue weighted by atomic mass is 9.82. The topological polar surface area (TPSA) is 64.3 Å². The van der Waals surface area contributed by atoms with Gasteiger partial charge in [0.05, 0.1) is 12.1 Å². The number of rotatable bonds is 5. The quantitative estimate of drug-likeness (QED) is 0.878. The molecule has 0 unspecified atom stereocenters. The number of hydrogen-bond donors (Lipinski definition) is 2. The van der Waals surface area contributed by atoms with Crippen molar-refractivity contribution in [3.05, 3.63) is 35.4 Å². The Bertz CT molecular complexity index is 459. The molecule has 1 aliphatic carbocycles. The lowest BCUT2D eigenvalue weighted by Crippen LogP contribution is -2.54. The summed E-state index contributed by atoms with van der Waals surface area (Å²) in [5.41, 5.74) is 7.74. The summed E-state index contributed by atoms with van der Waals surface area (Å²) in [6.07, 6.45) is 4.86. The number of hydrogen-bond acceptors (Lipinski definition) is 3. The fourth-order valence-corrected chi connectivity index (χ4v) is 2.79. The second-order valence-electron chi connectivity index (χ2n) is 5.60. The molecule has 4 nitrogen and oxygen atoms in total. The maximum atomic E-state index is 12.3. The molecule has 118 valence electrons. The highest BCUT2D eigenvalue weighted by atomic mass is 35.5. The van der Waals surface area contributed by atoms with Crippen LogP contribution in [0.3, 0.4) is 0 Å². The number of carbonyl (C=O) groups is 1. The van der Waals surface area contributed by atoms with Gasteiger partial charge in [-0.2, -0.15) is 0 Å². The van der Waals surface area contributed by atoms with E-state index >= 15 is 0 Å². The van der Waals surface area contributed by atoms with Gasteiger partial charge >= 0.3 is 0 Å². The predicted molar refractivity (Wildman–Crippen MR) is 86.3 cm³/mol. The summed E-state index contributed by atoms with van der Waals surface area (Å²) in [4.78, 5) is 12.3. The third kappa shape index (κ3) is 4.70. The molecule has 0 radical (unpaired) electrons. The number of carbonyl (C=O) groups excluding carboxylic acids is 1. The monoisotopic (exact) mass is 312 g/mol. The van der Waals surface area contributed by atoms with E-state index in [0.717, 1.165) is 36.8 Å². The van der Waals surface area contributed by atoms with Crippen molar-refractivity contribution in [2.24, 2.45) is 5.73 Å². The van der Waals surface area contributed by atoms with Crippen LogP contribution < -0.4 is 11.1 Å². The molecule has 21 heavy (non-hydrogen) atoms. The zero-order valence-corrected chi connectivity index (χ0v) is 13.4. The highest BCUT2D eigenvalue weighted by molar-refractivity contribution is 5.86. The summed E-state index contributed by atoms with van der Waals surface area (Å²) in [5, 5.41) is 2.99. The zero-order chi connectivity index (χ0) is 14.4. The van der Waals surface area contributed by atoms with Crippen molar-refractivity contribution in [2.75, 3.05) is 7.11 Å². The zero-order valence-electron chi connectivity index (χ0n) is 12.6. The van der Waals surface area contributed by atoms with Crippen molar-refractivity contribution in [3.63, 3.8) is 0 Å². The van der Waals surface area contributed by atoms with Crippen molar-refractivity contribution in [3.8, 4) is 0 Å². The molecule has 1 saturated carbocycles. The Morgan fingerprint density at radius 3 is 2.48 bits per heavy atom. The number of nitrogens with two attached hydrogens (primary N) is 1. The Kier molecular flexibility index (Phi) is 7.15. The Morgan fingerprint density at radius 1 is 1.24 bits per heavy atom. The Labute approximate surface area is 132 Å². The fraction of sp³-hybridized carbons (Fsp3) is 0.562. The largest absolute Gasteiger partial charge is 0.380 e. The Hall–Kier alpha value is -1.10. The van der Waals surface area contributed by atoms with E-state index in [0.29, 0.717) is 13.2 Å². The summed E-state index contributed by atoms with van der Waals surface area (Å²) in [5.74, 6) is -0.0237. The number of ether oxygens (including phenoxy) is 1. The predicted octanol–water partition coefficient (Wildman–Crippen LogP) is 2.53. The van der Waals surface area contributed by atoms with Crippen molar-refractivity contribution < 1.29 is 9.53 Å². The van der Waals surface area contributed by atoms with Crippen molar-refractivity contribution >= 4 is 18.3 Å². The standard InChI is InChI=1S/C16H24N2O2.ClH/c1-20-12-14-8-4-3-7-13(14)11-18-15(19)16(17)9-5-2-6-10-16;/h3-4,7-8H,2,5-6,9-12,17H2,1H3,(H,18,19);1H. The van der Waals surface area contributed by atoms with Gasteiger partial charge in [0.1, 0.15) is 0 Å². The minimum absolute atomic E-state index is 0. The highest BCUT2D eigenvalue weighted by Crippen LogP contribution is 2.26. The van der Waals surface area contributed by atoms with E-state index in [1.54, 1.807) is 7.11 Å². The molecule has 5 heteroatoms. The van der Waals surface area contributed by atoms with E-state index in [4.69, 9.17) is 10.5 Å². The molecule has 1 fully saturated rings. The average molecular weight is 313 g/mol. The number of amides is 1. The fourth-order valence-electron chi connectivity index (χ4n) is 2.79. The molecule has 0 aliphatic heterocycles. The van der Waals surface area contributed by atoms with Crippen LogP contribution in [-0.2, 0) is 22.7 Å². The van der Waals surface area contributed by atoms with Crippen LogP contribution in [0.2, 0.25) is 0 Å². The third-order valence-corrected chi connectivity index (χ3v) is 4.06. The minimum atomic E-state index is -0.672.